The Morgan fingerprint density at radius 3 is 2.69 bits per heavy atom. The van der Waals surface area contributed by atoms with Crippen molar-refractivity contribution in [3.63, 3.8) is 0 Å². The lowest BCUT2D eigenvalue weighted by atomic mass is 9.85. The minimum absolute atomic E-state index is 0.0304. The summed E-state index contributed by atoms with van der Waals surface area (Å²) in [4.78, 5) is 28.1. The molecule has 0 aromatic heterocycles. The normalized spacial score (nSPS) is 22.3. The fraction of sp³-hybridized carbons (Fsp3) is 0.364. The molecule has 1 saturated heterocycles. The Morgan fingerprint density at radius 2 is 2.03 bits per heavy atom. The van der Waals surface area contributed by atoms with Gasteiger partial charge in [-0.1, -0.05) is 11.6 Å². The van der Waals surface area contributed by atoms with Crippen LogP contribution in [0.25, 0.3) is 0 Å². The Balaban J connectivity index is 1.95. The molecule has 2 aromatic carbocycles. The lowest BCUT2D eigenvalue weighted by molar-refractivity contribution is -0.141. The molecule has 0 aliphatic carbocycles. The van der Waals surface area contributed by atoms with Crippen molar-refractivity contribution in [1.82, 2.24) is 0 Å². The molecule has 0 amide bonds. The second-order valence-electron chi connectivity index (χ2n) is 7.45. The average molecular weight is 434 g/mol. The molecule has 4 nitrogen and oxygen atoms in total. The van der Waals surface area contributed by atoms with Crippen LogP contribution in [0.5, 0.6) is 0 Å². The van der Waals surface area contributed by atoms with Gasteiger partial charge in [0.05, 0.1) is 18.3 Å². The summed E-state index contributed by atoms with van der Waals surface area (Å²) in [6.45, 7) is 2.21. The largest absolute Gasteiger partial charge is 0.469 e. The SMILES string of the molecule is COC(=O)CC1(Sc2ccc(Cl)cc2)c2c(C(C)=O)cc(F)cc2N2CCCC21. The van der Waals surface area contributed by atoms with Gasteiger partial charge >= 0.3 is 5.97 Å². The fourth-order valence-corrected chi connectivity index (χ4v) is 6.32. The summed E-state index contributed by atoms with van der Waals surface area (Å²) < 4.78 is 18.7. The Labute approximate surface area is 178 Å². The second-order valence-corrected chi connectivity index (χ2v) is 9.29. The van der Waals surface area contributed by atoms with Crippen LogP contribution in [-0.2, 0) is 14.3 Å². The number of anilines is 1. The molecule has 2 atom stereocenters. The van der Waals surface area contributed by atoms with Gasteiger partial charge in [-0.05, 0) is 56.2 Å². The molecule has 2 unspecified atom stereocenters. The van der Waals surface area contributed by atoms with Gasteiger partial charge in [0.25, 0.3) is 0 Å². The van der Waals surface area contributed by atoms with Gasteiger partial charge in [0.2, 0.25) is 0 Å². The van der Waals surface area contributed by atoms with E-state index >= 15 is 0 Å². The second kappa shape index (κ2) is 7.65. The number of ketones is 1. The maximum atomic E-state index is 14.4. The highest BCUT2D eigenvalue weighted by Crippen LogP contribution is 2.60. The lowest BCUT2D eigenvalue weighted by Gasteiger charge is -2.35. The summed E-state index contributed by atoms with van der Waals surface area (Å²) in [5.41, 5.74) is 1.78. The number of halogens is 2. The first kappa shape index (κ1) is 20.2. The van der Waals surface area contributed by atoms with E-state index < -0.39 is 10.6 Å². The number of ether oxygens (including phenoxy) is 1. The number of rotatable bonds is 5. The van der Waals surface area contributed by atoms with Crippen molar-refractivity contribution in [3.8, 4) is 0 Å². The maximum absolute atomic E-state index is 14.4. The van der Waals surface area contributed by atoms with Crippen molar-refractivity contribution >= 4 is 40.8 Å². The molecule has 0 bridgehead atoms. The number of nitrogens with zero attached hydrogens (tertiary/aromatic N) is 1. The summed E-state index contributed by atoms with van der Waals surface area (Å²) in [6.07, 6.45) is 1.89. The third-order valence-electron chi connectivity index (χ3n) is 5.73. The number of hydrogen-bond acceptors (Lipinski definition) is 5. The van der Waals surface area contributed by atoms with Crippen LogP contribution >= 0.6 is 23.4 Å². The van der Waals surface area contributed by atoms with Crippen molar-refractivity contribution in [2.24, 2.45) is 0 Å². The zero-order chi connectivity index (χ0) is 20.8. The third kappa shape index (κ3) is 3.42. The highest BCUT2D eigenvalue weighted by atomic mass is 35.5. The number of fused-ring (bicyclic) bond motifs is 3. The van der Waals surface area contributed by atoms with Crippen molar-refractivity contribution in [1.29, 1.82) is 0 Å². The quantitative estimate of drug-likeness (QED) is 0.478. The summed E-state index contributed by atoms with van der Waals surface area (Å²) in [7, 11) is 1.36. The van der Waals surface area contributed by atoms with Gasteiger partial charge < -0.3 is 9.64 Å². The molecule has 152 valence electrons. The summed E-state index contributed by atoms with van der Waals surface area (Å²) in [6, 6.07) is 10.2. The van der Waals surface area contributed by atoms with E-state index in [9.17, 15) is 14.0 Å². The molecular weight excluding hydrogens is 413 g/mol. The molecule has 2 heterocycles. The number of esters is 1. The van der Waals surface area contributed by atoms with Gasteiger partial charge in [0.1, 0.15) is 5.82 Å². The molecule has 0 saturated carbocycles. The van der Waals surface area contributed by atoms with Crippen LogP contribution in [0.2, 0.25) is 5.02 Å². The Kier molecular flexibility index (Phi) is 5.34. The molecule has 2 aromatic rings. The number of thioether (sulfide) groups is 1. The predicted molar refractivity (Wildman–Crippen MR) is 112 cm³/mol. The first-order valence-corrected chi connectivity index (χ1v) is 10.7. The summed E-state index contributed by atoms with van der Waals surface area (Å²) in [5.74, 6) is -1.01. The van der Waals surface area contributed by atoms with Gasteiger partial charge in [0.15, 0.2) is 5.78 Å². The maximum Gasteiger partial charge on any atom is 0.307 e. The monoisotopic (exact) mass is 433 g/mol. The Morgan fingerprint density at radius 1 is 1.31 bits per heavy atom. The van der Waals surface area contributed by atoms with Gasteiger partial charge in [-0.3, -0.25) is 9.59 Å². The molecule has 2 aliphatic rings. The predicted octanol–water partition coefficient (Wildman–Crippen LogP) is 5.21. The van der Waals surface area contributed by atoms with Crippen LogP contribution in [-0.4, -0.2) is 31.4 Å². The first-order valence-electron chi connectivity index (χ1n) is 9.48. The van der Waals surface area contributed by atoms with Crippen LogP contribution in [0.1, 0.15) is 42.1 Å². The first-order chi connectivity index (χ1) is 13.9. The average Bonchev–Trinajstić information content (AvgIpc) is 3.26. The molecule has 0 spiro atoms. The van der Waals surface area contributed by atoms with E-state index in [-0.39, 0.29) is 24.2 Å². The van der Waals surface area contributed by atoms with Crippen molar-refractivity contribution in [2.45, 2.75) is 41.9 Å². The molecule has 29 heavy (non-hydrogen) atoms. The molecule has 7 heteroatoms. The minimum Gasteiger partial charge on any atom is -0.469 e. The molecule has 4 rings (SSSR count). The fourth-order valence-electron chi connectivity index (χ4n) is 4.61. The van der Waals surface area contributed by atoms with E-state index in [2.05, 4.69) is 4.90 Å². The van der Waals surface area contributed by atoms with Gasteiger partial charge in [-0.2, -0.15) is 0 Å². The smallest absolute Gasteiger partial charge is 0.307 e. The number of carbonyl (C=O) groups excluding carboxylic acids is 2. The van der Waals surface area contributed by atoms with Crippen LogP contribution in [0.3, 0.4) is 0 Å². The van der Waals surface area contributed by atoms with E-state index in [0.717, 1.165) is 29.8 Å². The summed E-state index contributed by atoms with van der Waals surface area (Å²) in [5, 5.41) is 0.622. The van der Waals surface area contributed by atoms with Crippen LogP contribution in [0.15, 0.2) is 41.3 Å². The molecule has 1 fully saturated rings. The lowest BCUT2D eigenvalue weighted by Crippen LogP contribution is -2.41. The number of hydrogen-bond donors (Lipinski definition) is 0. The van der Waals surface area contributed by atoms with Crippen LogP contribution in [0, 0.1) is 5.82 Å². The highest BCUT2D eigenvalue weighted by molar-refractivity contribution is 8.00. The molecular formula is C22H21ClFNO3S. The zero-order valence-electron chi connectivity index (χ0n) is 16.2. The number of Topliss-reactive ketones (excluding diaryl/α,β-unsaturated/α-hetero) is 1. The highest BCUT2D eigenvalue weighted by Gasteiger charge is 2.56. The van der Waals surface area contributed by atoms with Gasteiger partial charge in [-0.25, -0.2) is 4.39 Å². The number of benzene rings is 2. The third-order valence-corrected chi connectivity index (χ3v) is 7.48. The van der Waals surface area contributed by atoms with Gasteiger partial charge in [-0.15, -0.1) is 11.8 Å². The standard InChI is InChI=1S/C22H21ClFNO3S/c1-13(26)17-10-15(24)11-18-21(17)22(12-20(27)28-2,19-4-3-9-25(18)19)29-16-7-5-14(23)6-8-16/h5-8,10-11,19H,3-4,9,12H2,1-2H3. The topological polar surface area (TPSA) is 46.6 Å². The minimum atomic E-state index is -0.749. The van der Waals surface area contributed by atoms with Crippen molar-refractivity contribution in [3.05, 3.63) is 58.4 Å². The Hall–Kier alpha value is -2.05. The van der Waals surface area contributed by atoms with E-state index in [1.165, 1.54) is 37.9 Å². The van der Waals surface area contributed by atoms with Gasteiger partial charge in [0, 0.05) is 39.3 Å². The molecule has 0 N–H and O–H groups in total. The van der Waals surface area contributed by atoms with E-state index in [0.29, 0.717) is 16.3 Å². The van der Waals surface area contributed by atoms with Crippen LogP contribution in [0.4, 0.5) is 10.1 Å². The molecule has 2 aliphatic heterocycles. The molecule has 0 radical (unpaired) electrons. The number of carbonyl (C=O) groups is 2. The number of methoxy groups -OCH3 is 1. The zero-order valence-corrected chi connectivity index (χ0v) is 17.8. The van der Waals surface area contributed by atoms with E-state index in [4.69, 9.17) is 16.3 Å². The van der Waals surface area contributed by atoms with Crippen molar-refractivity contribution in [2.75, 3.05) is 18.6 Å². The van der Waals surface area contributed by atoms with E-state index in [1.54, 1.807) is 12.1 Å². The Bertz CT molecular complexity index is 981. The van der Waals surface area contributed by atoms with Crippen LogP contribution < -0.4 is 4.90 Å². The van der Waals surface area contributed by atoms with E-state index in [1.807, 2.05) is 12.1 Å². The summed E-state index contributed by atoms with van der Waals surface area (Å²) >= 11 is 7.58. The van der Waals surface area contributed by atoms with Crippen molar-refractivity contribution < 1.29 is 18.7 Å².